The highest BCUT2D eigenvalue weighted by molar-refractivity contribution is 6.02. The van der Waals surface area contributed by atoms with E-state index in [2.05, 4.69) is 25.5 Å². The molecule has 1 atom stereocenters. The van der Waals surface area contributed by atoms with Crippen LogP contribution in [0.25, 0.3) is 33.2 Å². The van der Waals surface area contributed by atoms with Gasteiger partial charge in [-0.2, -0.15) is 5.10 Å². The van der Waals surface area contributed by atoms with Crippen LogP contribution in [0.2, 0.25) is 0 Å². The molecule has 0 saturated carbocycles. The lowest BCUT2D eigenvalue weighted by molar-refractivity contribution is 0.0930. The van der Waals surface area contributed by atoms with Gasteiger partial charge in [0, 0.05) is 10.9 Å². The fourth-order valence-electron chi connectivity index (χ4n) is 3.69. The first kappa shape index (κ1) is 18.9. The zero-order chi connectivity index (χ0) is 21.4. The van der Waals surface area contributed by atoms with Gasteiger partial charge < -0.3 is 15.0 Å². The quantitative estimate of drug-likeness (QED) is 0.394. The second-order valence-corrected chi connectivity index (χ2v) is 7.41. The van der Waals surface area contributed by atoms with E-state index in [0.29, 0.717) is 5.52 Å². The number of imidazole rings is 1. The summed E-state index contributed by atoms with van der Waals surface area (Å²) in [5.74, 6) is 0.827. The maximum absolute atomic E-state index is 12.7. The molecule has 154 valence electrons. The molecule has 7 heteroatoms. The van der Waals surface area contributed by atoms with E-state index in [9.17, 15) is 4.79 Å². The Hall–Kier alpha value is -4.13. The molecule has 2 heterocycles. The van der Waals surface area contributed by atoms with E-state index in [1.807, 2.05) is 73.7 Å². The number of fused-ring (bicyclic) bond motifs is 2. The lowest BCUT2D eigenvalue weighted by Crippen LogP contribution is -2.27. The maximum Gasteiger partial charge on any atom is 0.287 e. The summed E-state index contributed by atoms with van der Waals surface area (Å²) in [5, 5.41) is 11.5. The predicted octanol–water partition coefficient (Wildman–Crippen LogP) is 4.61. The Morgan fingerprint density at radius 3 is 2.55 bits per heavy atom. The Balaban J connectivity index is 1.46. The molecule has 0 aliphatic rings. The summed E-state index contributed by atoms with van der Waals surface area (Å²) in [6.45, 7) is 1.95. The molecule has 0 aliphatic heterocycles. The predicted molar refractivity (Wildman–Crippen MR) is 120 cm³/mol. The average Bonchev–Trinajstić information content (AvgIpc) is 3.41. The van der Waals surface area contributed by atoms with E-state index >= 15 is 0 Å². The standard InChI is InChI=1S/C24H21N5O2/c1-14(15-6-4-3-5-7-15)25-24(30)23-26-20-12-18-19(13-21(20)27-23)28-29-22(18)16-8-10-17(31-2)11-9-16/h3-14H,1-2H3,(H,25,30)(H,26,27)(H,28,29). The molecule has 31 heavy (non-hydrogen) atoms. The number of ether oxygens (including phenoxy) is 1. The van der Waals surface area contributed by atoms with Crippen molar-refractivity contribution < 1.29 is 9.53 Å². The van der Waals surface area contributed by atoms with Crippen LogP contribution in [0.3, 0.4) is 0 Å². The number of methoxy groups -OCH3 is 1. The number of hydrogen-bond donors (Lipinski definition) is 3. The largest absolute Gasteiger partial charge is 0.497 e. The van der Waals surface area contributed by atoms with E-state index in [-0.39, 0.29) is 17.8 Å². The zero-order valence-corrected chi connectivity index (χ0v) is 17.1. The highest BCUT2D eigenvalue weighted by atomic mass is 16.5. The van der Waals surface area contributed by atoms with Crippen molar-refractivity contribution in [2.45, 2.75) is 13.0 Å². The van der Waals surface area contributed by atoms with Crippen LogP contribution in [0.1, 0.15) is 29.1 Å². The summed E-state index contributed by atoms with van der Waals surface area (Å²) in [7, 11) is 1.64. The van der Waals surface area contributed by atoms with Gasteiger partial charge in [-0.1, -0.05) is 30.3 Å². The number of carbonyl (C=O) groups is 1. The Labute approximate surface area is 178 Å². The maximum atomic E-state index is 12.7. The van der Waals surface area contributed by atoms with E-state index < -0.39 is 0 Å². The lowest BCUT2D eigenvalue weighted by Gasteiger charge is -2.12. The van der Waals surface area contributed by atoms with Gasteiger partial charge in [0.25, 0.3) is 5.91 Å². The Bertz CT molecular complexity index is 1370. The van der Waals surface area contributed by atoms with Crippen molar-refractivity contribution in [3.05, 3.63) is 78.1 Å². The van der Waals surface area contributed by atoms with Crippen molar-refractivity contribution in [1.29, 1.82) is 0 Å². The number of nitrogens with one attached hydrogen (secondary N) is 3. The number of amides is 1. The van der Waals surface area contributed by atoms with Crippen LogP contribution in [-0.2, 0) is 0 Å². The SMILES string of the molecule is COc1ccc(-c2n[nH]c3cc4[nH]c(C(=O)NC(C)c5ccccc5)nc4cc23)cc1. The highest BCUT2D eigenvalue weighted by Crippen LogP contribution is 2.30. The molecule has 0 fully saturated rings. The summed E-state index contributed by atoms with van der Waals surface area (Å²) in [6, 6.07) is 21.3. The first-order valence-electron chi connectivity index (χ1n) is 10.0. The fourth-order valence-corrected chi connectivity index (χ4v) is 3.69. The van der Waals surface area contributed by atoms with Gasteiger partial charge in [0.2, 0.25) is 0 Å². The van der Waals surface area contributed by atoms with Gasteiger partial charge in [-0.15, -0.1) is 0 Å². The van der Waals surface area contributed by atoms with Crippen molar-refractivity contribution in [1.82, 2.24) is 25.5 Å². The topological polar surface area (TPSA) is 95.7 Å². The van der Waals surface area contributed by atoms with Crippen molar-refractivity contribution in [2.75, 3.05) is 7.11 Å². The molecule has 2 aromatic heterocycles. The third-order valence-electron chi connectivity index (χ3n) is 5.39. The molecular formula is C24H21N5O2. The van der Waals surface area contributed by atoms with Crippen LogP contribution in [0, 0.1) is 0 Å². The molecule has 1 amide bonds. The summed E-state index contributed by atoms with van der Waals surface area (Å²) in [5.41, 5.74) is 5.18. The number of carbonyl (C=O) groups excluding carboxylic acids is 1. The molecule has 7 nitrogen and oxygen atoms in total. The van der Waals surface area contributed by atoms with Crippen LogP contribution in [0.4, 0.5) is 0 Å². The van der Waals surface area contributed by atoms with Gasteiger partial charge >= 0.3 is 0 Å². The smallest absolute Gasteiger partial charge is 0.287 e. The van der Waals surface area contributed by atoms with Gasteiger partial charge in [0.15, 0.2) is 5.82 Å². The third-order valence-corrected chi connectivity index (χ3v) is 5.39. The highest BCUT2D eigenvalue weighted by Gasteiger charge is 2.17. The minimum absolute atomic E-state index is 0.123. The zero-order valence-electron chi connectivity index (χ0n) is 17.1. The van der Waals surface area contributed by atoms with Crippen LogP contribution < -0.4 is 10.1 Å². The first-order valence-corrected chi connectivity index (χ1v) is 10.0. The van der Waals surface area contributed by atoms with Gasteiger partial charge in [-0.05, 0) is 48.9 Å². The lowest BCUT2D eigenvalue weighted by atomic mass is 10.1. The van der Waals surface area contributed by atoms with Gasteiger partial charge in [0.1, 0.15) is 5.75 Å². The summed E-state index contributed by atoms with van der Waals surface area (Å²) in [6.07, 6.45) is 0. The van der Waals surface area contributed by atoms with Crippen molar-refractivity contribution in [3.63, 3.8) is 0 Å². The van der Waals surface area contributed by atoms with Gasteiger partial charge in [-0.25, -0.2) is 4.98 Å². The third kappa shape index (κ3) is 3.50. The molecule has 0 spiro atoms. The van der Waals surface area contributed by atoms with Crippen LogP contribution in [0.5, 0.6) is 5.75 Å². The number of H-pyrrole nitrogens is 2. The first-order chi connectivity index (χ1) is 15.1. The fraction of sp³-hybridized carbons (Fsp3) is 0.125. The summed E-state index contributed by atoms with van der Waals surface area (Å²) in [4.78, 5) is 20.4. The van der Waals surface area contributed by atoms with Gasteiger partial charge in [-0.3, -0.25) is 9.89 Å². The van der Waals surface area contributed by atoms with Crippen LogP contribution in [0.15, 0.2) is 66.7 Å². The number of nitrogens with zero attached hydrogens (tertiary/aromatic N) is 2. The summed E-state index contributed by atoms with van der Waals surface area (Å²) < 4.78 is 5.23. The number of benzene rings is 3. The number of aromatic nitrogens is 4. The average molecular weight is 411 g/mol. The minimum Gasteiger partial charge on any atom is -0.497 e. The van der Waals surface area contributed by atoms with E-state index in [4.69, 9.17) is 4.74 Å². The molecule has 0 radical (unpaired) electrons. The number of aromatic amines is 2. The Kier molecular flexibility index (Phi) is 4.63. The van der Waals surface area contributed by atoms with Crippen LogP contribution in [-0.4, -0.2) is 33.2 Å². The minimum atomic E-state index is -0.246. The molecule has 5 aromatic rings. The Morgan fingerprint density at radius 2 is 1.81 bits per heavy atom. The monoisotopic (exact) mass is 411 g/mol. The molecule has 1 unspecified atom stereocenters. The molecule has 0 aliphatic carbocycles. The number of hydrogen-bond acceptors (Lipinski definition) is 4. The molecule has 3 aromatic carbocycles. The molecule has 0 saturated heterocycles. The summed E-state index contributed by atoms with van der Waals surface area (Å²) >= 11 is 0. The molecular weight excluding hydrogens is 390 g/mol. The normalized spacial score (nSPS) is 12.2. The van der Waals surface area contributed by atoms with E-state index in [1.54, 1.807) is 7.11 Å². The van der Waals surface area contributed by atoms with Crippen LogP contribution >= 0.6 is 0 Å². The molecule has 5 rings (SSSR count). The second kappa shape index (κ2) is 7.60. The van der Waals surface area contributed by atoms with Crippen molar-refractivity contribution in [2.24, 2.45) is 0 Å². The van der Waals surface area contributed by atoms with Gasteiger partial charge in [0.05, 0.1) is 35.4 Å². The Morgan fingerprint density at radius 1 is 1.03 bits per heavy atom. The van der Waals surface area contributed by atoms with E-state index in [0.717, 1.165) is 39.0 Å². The van der Waals surface area contributed by atoms with Crippen molar-refractivity contribution in [3.8, 4) is 17.0 Å². The number of rotatable bonds is 5. The van der Waals surface area contributed by atoms with Crippen molar-refractivity contribution >= 4 is 27.8 Å². The molecule has 0 bridgehead atoms. The van der Waals surface area contributed by atoms with E-state index in [1.165, 1.54) is 0 Å². The second-order valence-electron chi connectivity index (χ2n) is 7.41. The molecule has 3 N–H and O–H groups in total.